The minimum Gasteiger partial charge on any atom is -0.341 e. The molecular formula is C30H31N3O3. The Kier molecular flexibility index (Phi) is 6.59. The number of piperidine rings is 1. The molecule has 0 unspecified atom stereocenters. The summed E-state index contributed by atoms with van der Waals surface area (Å²) >= 11 is 0. The average Bonchev–Trinajstić information content (AvgIpc) is 3.24. The van der Waals surface area contributed by atoms with E-state index < -0.39 is 6.09 Å². The van der Waals surface area contributed by atoms with Crippen LogP contribution in [-0.4, -0.2) is 40.1 Å². The Bertz CT molecular complexity index is 1490. The Labute approximate surface area is 211 Å². The normalized spacial score (nSPS) is 14.4. The second-order valence-electron chi connectivity index (χ2n) is 9.43. The second-order valence-corrected chi connectivity index (χ2v) is 9.43. The van der Waals surface area contributed by atoms with Crippen LogP contribution >= 0.6 is 0 Å². The first-order chi connectivity index (χ1) is 17.5. The molecule has 0 bridgehead atoms. The van der Waals surface area contributed by atoms with Gasteiger partial charge in [0.05, 0.1) is 5.71 Å². The van der Waals surface area contributed by atoms with Crippen LogP contribution in [-0.2, 0) is 11.4 Å². The summed E-state index contributed by atoms with van der Waals surface area (Å²) in [5.74, 6) is 0.0194. The maximum absolute atomic E-state index is 13.3. The highest BCUT2D eigenvalue weighted by molar-refractivity contribution is 6.16. The SMILES string of the molecule is CCn1c2ccc(C(=O)c3ccccc3C)cc2c2cc(/C(C)=N/OC(=O)N3CCCCC3)ccc21. The fraction of sp³-hybridized carbons (Fsp3) is 0.300. The van der Waals surface area contributed by atoms with Crippen LogP contribution in [0.15, 0.2) is 65.8 Å². The van der Waals surface area contributed by atoms with Gasteiger partial charge in [0.1, 0.15) is 0 Å². The molecule has 1 saturated heterocycles. The number of aromatic nitrogens is 1. The number of aryl methyl sites for hydroxylation is 2. The van der Waals surface area contributed by atoms with Crippen molar-refractivity contribution < 1.29 is 14.4 Å². The zero-order valence-electron chi connectivity index (χ0n) is 21.1. The van der Waals surface area contributed by atoms with Crippen molar-refractivity contribution in [1.82, 2.24) is 9.47 Å². The summed E-state index contributed by atoms with van der Waals surface area (Å²) in [6.07, 6.45) is 2.77. The number of amides is 1. The van der Waals surface area contributed by atoms with Gasteiger partial charge in [0, 0.05) is 52.6 Å². The zero-order valence-corrected chi connectivity index (χ0v) is 21.1. The standard InChI is InChI=1S/C30H31N3O3/c1-4-33-27-14-12-22(21(3)31-36-30(35)32-16-8-5-9-17-32)18-25(27)26-19-23(13-15-28(26)33)29(34)24-11-7-6-10-20(24)2/h6-7,10-15,18-19H,4-5,8-9,16-17H2,1-3H3/b31-21+. The molecule has 4 aromatic rings. The first-order valence-electron chi connectivity index (χ1n) is 12.6. The first kappa shape index (κ1) is 23.8. The molecule has 0 spiro atoms. The Morgan fingerprint density at radius 3 is 2.19 bits per heavy atom. The van der Waals surface area contributed by atoms with Crippen LogP contribution in [0, 0.1) is 6.92 Å². The van der Waals surface area contributed by atoms with E-state index in [0.29, 0.717) is 11.3 Å². The third-order valence-electron chi connectivity index (χ3n) is 7.13. The highest BCUT2D eigenvalue weighted by Crippen LogP contribution is 2.31. The summed E-state index contributed by atoms with van der Waals surface area (Å²) < 4.78 is 2.25. The predicted octanol–water partition coefficient (Wildman–Crippen LogP) is 6.70. The molecule has 0 saturated carbocycles. The van der Waals surface area contributed by atoms with Crippen molar-refractivity contribution in [2.75, 3.05) is 13.1 Å². The van der Waals surface area contributed by atoms with E-state index in [2.05, 4.69) is 28.8 Å². The van der Waals surface area contributed by atoms with Gasteiger partial charge in [-0.3, -0.25) is 9.63 Å². The number of ketones is 1. The van der Waals surface area contributed by atoms with E-state index in [0.717, 1.165) is 77.4 Å². The molecular weight excluding hydrogens is 450 g/mol. The fourth-order valence-electron chi connectivity index (χ4n) is 5.09. The van der Waals surface area contributed by atoms with Gasteiger partial charge in [-0.1, -0.05) is 35.5 Å². The van der Waals surface area contributed by atoms with Crippen molar-refractivity contribution in [3.05, 3.63) is 82.9 Å². The van der Waals surface area contributed by atoms with Crippen LogP contribution in [0.3, 0.4) is 0 Å². The maximum atomic E-state index is 13.3. The van der Waals surface area contributed by atoms with Gasteiger partial charge >= 0.3 is 6.09 Å². The van der Waals surface area contributed by atoms with Crippen LogP contribution in [0.2, 0.25) is 0 Å². The van der Waals surface area contributed by atoms with Crippen molar-refractivity contribution in [2.45, 2.75) is 46.6 Å². The van der Waals surface area contributed by atoms with E-state index in [-0.39, 0.29) is 5.78 Å². The lowest BCUT2D eigenvalue weighted by Gasteiger charge is -2.24. The number of fused-ring (bicyclic) bond motifs is 3. The number of rotatable bonds is 5. The summed E-state index contributed by atoms with van der Waals surface area (Å²) in [5.41, 5.74) is 6.03. The van der Waals surface area contributed by atoms with Gasteiger partial charge in [-0.25, -0.2) is 4.79 Å². The van der Waals surface area contributed by atoms with Gasteiger partial charge in [-0.15, -0.1) is 0 Å². The molecule has 3 aromatic carbocycles. The Morgan fingerprint density at radius 2 is 1.53 bits per heavy atom. The topological polar surface area (TPSA) is 63.9 Å². The number of benzene rings is 3. The molecule has 6 nitrogen and oxygen atoms in total. The average molecular weight is 482 g/mol. The molecule has 0 aliphatic carbocycles. The van der Waals surface area contributed by atoms with Crippen molar-refractivity contribution >= 4 is 39.4 Å². The third-order valence-corrected chi connectivity index (χ3v) is 7.13. The summed E-state index contributed by atoms with van der Waals surface area (Å²) in [4.78, 5) is 32.6. The predicted molar refractivity (Wildman–Crippen MR) is 144 cm³/mol. The number of likely N-dealkylation sites (tertiary alicyclic amines) is 1. The molecule has 1 fully saturated rings. The van der Waals surface area contributed by atoms with Gasteiger partial charge in [-0.05, 0) is 81.5 Å². The molecule has 184 valence electrons. The molecule has 0 radical (unpaired) electrons. The second kappa shape index (κ2) is 9.97. The molecule has 2 heterocycles. The van der Waals surface area contributed by atoms with Crippen LogP contribution in [0.4, 0.5) is 4.79 Å². The van der Waals surface area contributed by atoms with Gasteiger partial charge in [0.25, 0.3) is 0 Å². The van der Waals surface area contributed by atoms with E-state index in [4.69, 9.17) is 4.84 Å². The fourth-order valence-corrected chi connectivity index (χ4v) is 5.09. The monoisotopic (exact) mass is 481 g/mol. The van der Waals surface area contributed by atoms with E-state index >= 15 is 0 Å². The summed E-state index contributed by atoms with van der Waals surface area (Å²) in [5, 5.41) is 6.21. The maximum Gasteiger partial charge on any atom is 0.435 e. The van der Waals surface area contributed by atoms with E-state index in [1.807, 2.05) is 62.4 Å². The van der Waals surface area contributed by atoms with Gasteiger partial charge in [-0.2, -0.15) is 0 Å². The molecule has 1 aliphatic heterocycles. The van der Waals surface area contributed by atoms with Crippen molar-refractivity contribution in [3.8, 4) is 0 Å². The highest BCUT2D eigenvalue weighted by Gasteiger charge is 2.19. The number of carbonyl (C=O) groups excluding carboxylic acids is 2. The number of carbonyl (C=O) groups is 2. The zero-order chi connectivity index (χ0) is 25.2. The van der Waals surface area contributed by atoms with E-state index in [9.17, 15) is 9.59 Å². The number of nitrogens with zero attached hydrogens (tertiary/aromatic N) is 3. The Morgan fingerprint density at radius 1 is 0.889 bits per heavy atom. The Balaban J connectivity index is 1.51. The minimum absolute atomic E-state index is 0.0194. The minimum atomic E-state index is -0.392. The number of hydrogen-bond donors (Lipinski definition) is 0. The molecule has 0 N–H and O–H groups in total. The lowest BCUT2D eigenvalue weighted by atomic mass is 9.97. The summed E-state index contributed by atoms with van der Waals surface area (Å²) in [6, 6.07) is 19.8. The van der Waals surface area contributed by atoms with Gasteiger partial charge < -0.3 is 9.47 Å². The van der Waals surface area contributed by atoms with Crippen molar-refractivity contribution in [1.29, 1.82) is 0 Å². The molecule has 5 rings (SSSR count). The molecule has 1 aliphatic rings. The summed E-state index contributed by atoms with van der Waals surface area (Å²) in [6.45, 7) is 8.17. The largest absolute Gasteiger partial charge is 0.435 e. The van der Waals surface area contributed by atoms with Gasteiger partial charge in [0.2, 0.25) is 0 Å². The molecule has 6 heteroatoms. The van der Waals surface area contributed by atoms with Crippen LogP contribution < -0.4 is 0 Å². The van der Waals surface area contributed by atoms with Gasteiger partial charge in [0.15, 0.2) is 5.78 Å². The smallest absolute Gasteiger partial charge is 0.341 e. The number of hydrogen-bond acceptors (Lipinski definition) is 4. The van der Waals surface area contributed by atoms with Crippen molar-refractivity contribution in [2.24, 2.45) is 5.16 Å². The Hall–Kier alpha value is -3.93. The highest BCUT2D eigenvalue weighted by atomic mass is 16.7. The lowest BCUT2D eigenvalue weighted by Crippen LogP contribution is -2.35. The van der Waals surface area contributed by atoms with E-state index in [1.165, 1.54) is 0 Å². The molecule has 1 amide bonds. The molecule has 36 heavy (non-hydrogen) atoms. The van der Waals surface area contributed by atoms with E-state index in [1.54, 1.807) is 4.90 Å². The number of oxime groups is 1. The van der Waals surface area contributed by atoms with Crippen LogP contribution in [0.1, 0.15) is 60.2 Å². The lowest BCUT2D eigenvalue weighted by molar-refractivity contribution is 0.0981. The molecule has 1 aromatic heterocycles. The van der Waals surface area contributed by atoms with Crippen LogP contribution in [0.5, 0.6) is 0 Å². The molecule has 0 atom stereocenters. The van der Waals surface area contributed by atoms with Crippen molar-refractivity contribution in [3.63, 3.8) is 0 Å². The summed E-state index contributed by atoms with van der Waals surface area (Å²) in [7, 11) is 0. The van der Waals surface area contributed by atoms with Crippen LogP contribution in [0.25, 0.3) is 21.8 Å². The third kappa shape index (κ3) is 4.39. The first-order valence-corrected chi connectivity index (χ1v) is 12.6. The quantitative estimate of drug-likeness (QED) is 0.138.